The number of amides is 2. The monoisotopic (exact) mass is 390 g/mol. The Morgan fingerprint density at radius 3 is 2.26 bits per heavy atom. The lowest BCUT2D eigenvalue weighted by molar-refractivity contribution is -0.132. The molecule has 8 heteroatoms. The highest BCUT2D eigenvalue weighted by molar-refractivity contribution is 7.91. The van der Waals surface area contributed by atoms with Crippen molar-refractivity contribution in [3.05, 3.63) is 54.6 Å². The number of carbonyl (C=O) groups is 2. The molecule has 144 valence electrons. The van der Waals surface area contributed by atoms with Crippen molar-refractivity contribution in [2.75, 3.05) is 31.8 Å². The summed E-state index contributed by atoms with van der Waals surface area (Å²) in [5, 5.41) is 2.67. The first kappa shape index (κ1) is 20.4. The fraction of sp³-hybridized carbons (Fsp3) is 0.263. The molecule has 0 aliphatic heterocycles. The zero-order valence-corrected chi connectivity index (χ0v) is 16.0. The summed E-state index contributed by atoms with van der Waals surface area (Å²) in [7, 11) is -0.521. The predicted octanol–water partition coefficient (Wildman–Crippen LogP) is 1.96. The summed E-state index contributed by atoms with van der Waals surface area (Å²) in [6, 6.07) is 14.7. The SMILES string of the molecule is COc1ccc(NC(=O)CN(C)C(=O)CCS(=O)(=O)c2ccccc2)cc1. The molecule has 0 bridgehead atoms. The lowest BCUT2D eigenvalue weighted by Crippen LogP contribution is -2.35. The Hall–Kier alpha value is -2.87. The molecular weight excluding hydrogens is 368 g/mol. The molecule has 0 fully saturated rings. The van der Waals surface area contributed by atoms with Gasteiger partial charge in [-0.15, -0.1) is 0 Å². The van der Waals surface area contributed by atoms with E-state index in [-0.39, 0.29) is 29.5 Å². The van der Waals surface area contributed by atoms with E-state index in [0.717, 1.165) is 0 Å². The van der Waals surface area contributed by atoms with Crippen molar-refractivity contribution in [1.82, 2.24) is 4.90 Å². The van der Waals surface area contributed by atoms with E-state index < -0.39 is 15.7 Å². The summed E-state index contributed by atoms with van der Waals surface area (Å²) >= 11 is 0. The Kier molecular flexibility index (Phi) is 6.95. The molecule has 7 nitrogen and oxygen atoms in total. The minimum absolute atomic E-state index is 0.170. The van der Waals surface area contributed by atoms with Gasteiger partial charge in [-0.05, 0) is 36.4 Å². The summed E-state index contributed by atoms with van der Waals surface area (Å²) < 4.78 is 29.5. The largest absolute Gasteiger partial charge is 0.497 e. The quantitative estimate of drug-likeness (QED) is 0.744. The number of likely N-dealkylation sites (N-methyl/N-ethyl adjacent to an activating group) is 1. The van der Waals surface area contributed by atoms with Gasteiger partial charge in [0.15, 0.2) is 9.84 Å². The van der Waals surface area contributed by atoms with Gasteiger partial charge < -0.3 is 15.0 Å². The molecule has 0 heterocycles. The first-order chi connectivity index (χ1) is 12.8. The third-order valence-corrected chi connectivity index (χ3v) is 5.60. The molecule has 2 aromatic carbocycles. The smallest absolute Gasteiger partial charge is 0.243 e. The van der Waals surface area contributed by atoms with Gasteiger partial charge in [-0.1, -0.05) is 18.2 Å². The number of nitrogens with one attached hydrogen (secondary N) is 1. The molecule has 27 heavy (non-hydrogen) atoms. The van der Waals surface area contributed by atoms with Crippen LogP contribution in [0.2, 0.25) is 0 Å². The Morgan fingerprint density at radius 1 is 1.04 bits per heavy atom. The van der Waals surface area contributed by atoms with Gasteiger partial charge in [0, 0.05) is 19.2 Å². The first-order valence-corrected chi connectivity index (χ1v) is 9.93. The molecule has 2 amide bonds. The maximum absolute atomic E-state index is 12.2. The van der Waals surface area contributed by atoms with Crippen LogP contribution in [-0.4, -0.2) is 51.6 Å². The van der Waals surface area contributed by atoms with Crippen LogP contribution in [0.3, 0.4) is 0 Å². The molecule has 0 spiro atoms. The van der Waals surface area contributed by atoms with Crippen molar-refractivity contribution in [2.45, 2.75) is 11.3 Å². The summed E-state index contributed by atoms with van der Waals surface area (Å²) in [4.78, 5) is 25.6. The van der Waals surface area contributed by atoms with Gasteiger partial charge in [0.25, 0.3) is 0 Å². The van der Waals surface area contributed by atoms with E-state index in [0.29, 0.717) is 11.4 Å². The van der Waals surface area contributed by atoms with E-state index in [9.17, 15) is 18.0 Å². The fourth-order valence-corrected chi connectivity index (χ4v) is 3.59. The molecule has 0 aliphatic carbocycles. The van der Waals surface area contributed by atoms with Gasteiger partial charge in [0.1, 0.15) is 5.75 Å². The van der Waals surface area contributed by atoms with Crippen LogP contribution in [0.25, 0.3) is 0 Å². The van der Waals surface area contributed by atoms with Crippen LogP contribution in [0.4, 0.5) is 5.69 Å². The van der Waals surface area contributed by atoms with E-state index in [1.807, 2.05) is 0 Å². The normalized spacial score (nSPS) is 10.9. The van der Waals surface area contributed by atoms with E-state index in [1.54, 1.807) is 49.6 Å². The Balaban J connectivity index is 1.84. The Bertz CT molecular complexity index is 880. The number of methoxy groups -OCH3 is 1. The number of benzene rings is 2. The van der Waals surface area contributed by atoms with Gasteiger partial charge >= 0.3 is 0 Å². The van der Waals surface area contributed by atoms with Crippen molar-refractivity contribution in [3.8, 4) is 5.75 Å². The van der Waals surface area contributed by atoms with E-state index in [1.165, 1.54) is 24.1 Å². The van der Waals surface area contributed by atoms with Gasteiger partial charge in [-0.25, -0.2) is 8.42 Å². The number of hydrogen-bond donors (Lipinski definition) is 1. The third-order valence-electron chi connectivity index (χ3n) is 3.87. The zero-order chi connectivity index (χ0) is 19.9. The third kappa shape index (κ3) is 6.10. The Labute approximate surface area is 158 Å². The van der Waals surface area contributed by atoms with Gasteiger partial charge in [0.05, 0.1) is 24.3 Å². The maximum atomic E-state index is 12.2. The fourth-order valence-electron chi connectivity index (χ4n) is 2.34. The van der Waals surface area contributed by atoms with Crippen molar-refractivity contribution in [2.24, 2.45) is 0 Å². The summed E-state index contributed by atoms with van der Waals surface area (Å²) in [5.41, 5.74) is 0.577. The number of hydrogen-bond acceptors (Lipinski definition) is 5. The minimum atomic E-state index is -3.53. The summed E-state index contributed by atoms with van der Waals surface area (Å²) in [6.07, 6.45) is -0.191. The topological polar surface area (TPSA) is 92.8 Å². The van der Waals surface area contributed by atoms with Crippen molar-refractivity contribution >= 4 is 27.3 Å². The lowest BCUT2D eigenvalue weighted by atomic mass is 10.3. The number of carbonyl (C=O) groups excluding carboxylic acids is 2. The van der Waals surface area contributed by atoms with Crippen molar-refractivity contribution < 1.29 is 22.7 Å². The van der Waals surface area contributed by atoms with E-state index >= 15 is 0 Å². The van der Waals surface area contributed by atoms with Gasteiger partial charge in [-0.2, -0.15) is 0 Å². The van der Waals surface area contributed by atoms with Gasteiger partial charge in [0.2, 0.25) is 11.8 Å². The second-order valence-electron chi connectivity index (χ2n) is 5.91. The average Bonchev–Trinajstić information content (AvgIpc) is 2.67. The highest BCUT2D eigenvalue weighted by Crippen LogP contribution is 2.15. The molecule has 2 aromatic rings. The standard InChI is InChI=1S/C19H22N2O5S/c1-21(14-18(22)20-15-8-10-16(26-2)11-9-15)19(23)12-13-27(24,25)17-6-4-3-5-7-17/h3-11H,12-14H2,1-2H3,(H,20,22). The highest BCUT2D eigenvalue weighted by Gasteiger charge is 2.19. The van der Waals surface area contributed by atoms with Crippen molar-refractivity contribution in [3.63, 3.8) is 0 Å². The number of ether oxygens (including phenoxy) is 1. The molecule has 0 aliphatic rings. The second-order valence-corrected chi connectivity index (χ2v) is 8.02. The van der Waals surface area contributed by atoms with Crippen molar-refractivity contribution in [1.29, 1.82) is 0 Å². The van der Waals surface area contributed by atoms with Crippen LogP contribution in [-0.2, 0) is 19.4 Å². The van der Waals surface area contributed by atoms with Gasteiger partial charge in [-0.3, -0.25) is 9.59 Å². The predicted molar refractivity (Wildman–Crippen MR) is 102 cm³/mol. The summed E-state index contributed by atoms with van der Waals surface area (Å²) in [6.45, 7) is -0.170. The number of rotatable bonds is 8. The van der Waals surface area contributed by atoms with Crippen LogP contribution in [0, 0.1) is 0 Å². The minimum Gasteiger partial charge on any atom is -0.497 e. The van der Waals surface area contributed by atoms with Crippen LogP contribution in [0.1, 0.15) is 6.42 Å². The molecule has 2 rings (SSSR count). The van der Waals surface area contributed by atoms with Crippen LogP contribution in [0.5, 0.6) is 5.75 Å². The summed E-state index contributed by atoms with van der Waals surface area (Å²) in [5.74, 6) is -0.429. The number of nitrogens with zero attached hydrogens (tertiary/aromatic N) is 1. The Morgan fingerprint density at radius 2 is 1.67 bits per heavy atom. The molecular formula is C19H22N2O5S. The average molecular weight is 390 g/mol. The van der Waals surface area contributed by atoms with E-state index in [4.69, 9.17) is 4.74 Å². The van der Waals surface area contributed by atoms with Crippen LogP contribution >= 0.6 is 0 Å². The molecule has 0 unspecified atom stereocenters. The second kappa shape index (κ2) is 9.18. The van der Waals surface area contributed by atoms with Crippen LogP contribution < -0.4 is 10.1 Å². The molecule has 1 N–H and O–H groups in total. The number of anilines is 1. The molecule has 0 saturated carbocycles. The molecule has 0 atom stereocenters. The number of sulfone groups is 1. The molecule has 0 saturated heterocycles. The van der Waals surface area contributed by atoms with E-state index in [2.05, 4.69) is 5.32 Å². The first-order valence-electron chi connectivity index (χ1n) is 8.27. The highest BCUT2D eigenvalue weighted by atomic mass is 32.2. The lowest BCUT2D eigenvalue weighted by Gasteiger charge is -2.17. The molecule has 0 radical (unpaired) electrons. The molecule has 0 aromatic heterocycles. The van der Waals surface area contributed by atoms with Crippen LogP contribution in [0.15, 0.2) is 59.5 Å². The maximum Gasteiger partial charge on any atom is 0.243 e. The zero-order valence-electron chi connectivity index (χ0n) is 15.2.